The average Bonchev–Trinajstić information content (AvgIpc) is 2.82. The Labute approximate surface area is 197 Å². The highest BCUT2D eigenvalue weighted by molar-refractivity contribution is 7.90. The number of ether oxygens (including phenoxy) is 1. The van der Waals surface area contributed by atoms with Gasteiger partial charge in [0.1, 0.15) is 0 Å². The van der Waals surface area contributed by atoms with Crippen LogP contribution in [-0.2, 0) is 19.4 Å². The molecule has 0 atom stereocenters. The van der Waals surface area contributed by atoms with Gasteiger partial charge in [-0.15, -0.1) is 0 Å². The van der Waals surface area contributed by atoms with Gasteiger partial charge in [-0.3, -0.25) is 4.79 Å². The fourth-order valence-electron chi connectivity index (χ4n) is 3.73. The molecule has 8 heteroatoms. The zero-order valence-corrected chi connectivity index (χ0v) is 19.4. The van der Waals surface area contributed by atoms with E-state index in [2.05, 4.69) is 5.32 Å². The van der Waals surface area contributed by atoms with E-state index in [9.17, 15) is 18.0 Å². The molecular formula is C26H22N2O5S. The smallest absolute Gasteiger partial charge is 0.339 e. The monoisotopic (exact) mass is 474 g/mol. The van der Waals surface area contributed by atoms with Crippen LogP contribution in [0.2, 0.25) is 0 Å². The van der Waals surface area contributed by atoms with E-state index in [1.54, 1.807) is 31.2 Å². The van der Waals surface area contributed by atoms with E-state index >= 15 is 0 Å². The standard InChI is InChI=1S/C26H22N2O5S/c1-17-24(19-12-6-7-13-20(19)28-25(17)18-10-4-3-5-11-18)26(30)33-16-23(29)27-21-14-8-9-15-22(21)34(2,31)32/h3-15H,16H2,1-2H3,(H,27,29). The molecule has 0 spiro atoms. The highest BCUT2D eigenvalue weighted by Crippen LogP contribution is 2.30. The van der Waals surface area contributed by atoms with Crippen LogP contribution in [-0.4, -0.2) is 38.1 Å². The number of nitrogens with one attached hydrogen (secondary N) is 1. The number of benzene rings is 3. The van der Waals surface area contributed by atoms with Gasteiger partial charge in [-0.05, 0) is 30.7 Å². The molecule has 3 aromatic carbocycles. The van der Waals surface area contributed by atoms with Crippen molar-refractivity contribution in [2.45, 2.75) is 11.8 Å². The lowest BCUT2D eigenvalue weighted by molar-refractivity contribution is -0.119. The zero-order valence-electron chi connectivity index (χ0n) is 18.6. The third-order valence-electron chi connectivity index (χ3n) is 5.28. The van der Waals surface area contributed by atoms with E-state index in [1.165, 1.54) is 12.1 Å². The first-order valence-electron chi connectivity index (χ1n) is 10.5. The van der Waals surface area contributed by atoms with E-state index in [-0.39, 0.29) is 10.6 Å². The number of nitrogens with zero attached hydrogens (tertiary/aromatic N) is 1. The molecule has 4 rings (SSSR count). The van der Waals surface area contributed by atoms with Crippen LogP contribution in [0.15, 0.2) is 83.8 Å². The van der Waals surface area contributed by atoms with Crippen molar-refractivity contribution in [2.75, 3.05) is 18.2 Å². The molecule has 0 aliphatic rings. The van der Waals surface area contributed by atoms with Gasteiger partial charge in [-0.25, -0.2) is 18.2 Å². The topological polar surface area (TPSA) is 102 Å². The van der Waals surface area contributed by atoms with Gasteiger partial charge in [0.2, 0.25) is 0 Å². The Bertz CT molecular complexity index is 1500. The molecule has 1 aromatic heterocycles. The maximum absolute atomic E-state index is 13.1. The van der Waals surface area contributed by atoms with Gasteiger partial charge < -0.3 is 10.1 Å². The third-order valence-corrected chi connectivity index (χ3v) is 6.44. The molecule has 1 heterocycles. The Balaban J connectivity index is 1.61. The SMILES string of the molecule is Cc1c(-c2ccccc2)nc2ccccc2c1C(=O)OCC(=O)Nc1ccccc1S(C)(=O)=O. The summed E-state index contributed by atoms with van der Waals surface area (Å²) < 4.78 is 29.2. The zero-order chi connectivity index (χ0) is 24.3. The first kappa shape index (κ1) is 23.1. The molecule has 7 nitrogen and oxygen atoms in total. The predicted molar refractivity (Wildman–Crippen MR) is 130 cm³/mol. The lowest BCUT2D eigenvalue weighted by Crippen LogP contribution is -2.22. The molecule has 172 valence electrons. The lowest BCUT2D eigenvalue weighted by Gasteiger charge is -2.14. The Kier molecular flexibility index (Phi) is 6.43. The molecule has 0 saturated carbocycles. The van der Waals surface area contributed by atoms with E-state index < -0.39 is 28.3 Å². The highest BCUT2D eigenvalue weighted by Gasteiger charge is 2.21. The number of carbonyl (C=O) groups excluding carboxylic acids is 2. The number of fused-ring (bicyclic) bond motifs is 1. The van der Waals surface area contributed by atoms with E-state index in [0.29, 0.717) is 27.7 Å². The molecule has 0 saturated heterocycles. The Morgan fingerprint density at radius 2 is 1.56 bits per heavy atom. The number of esters is 1. The van der Waals surface area contributed by atoms with Gasteiger partial charge in [0.25, 0.3) is 5.91 Å². The first-order valence-corrected chi connectivity index (χ1v) is 12.4. The van der Waals surface area contributed by atoms with Crippen molar-refractivity contribution < 1.29 is 22.7 Å². The van der Waals surface area contributed by atoms with Crippen molar-refractivity contribution in [1.29, 1.82) is 0 Å². The van der Waals surface area contributed by atoms with E-state index in [1.807, 2.05) is 42.5 Å². The number of carbonyl (C=O) groups is 2. The number of pyridine rings is 1. The highest BCUT2D eigenvalue weighted by atomic mass is 32.2. The van der Waals surface area contributed by atoms with Gasteiger partial charge in [-0.1, -0.05) is 60.7 Å². The van der Waals surface area contributed by atoms with Crippen molar-refractivity contribution in [1.82, 2.24) is 4.98 Å². The van der Waals surface area contributed by atoms with Crippen LogP contribution in [0.5, 0.6) is 0 Å². The Morgan fingerprint density at radius 3 is 2.29 bits per heavy atom. The van der Waals surface area contributed by atoms with Gasteiger partial charge in [-0.2, -0.15) is 0 Å². The largest absolute Gasteiger partial charge is 0.452 e. The Hall–Kier alpha value is -4.04. The molecule has 34 heavy (non-hydrogen) atoms. The summed E-state index contributed by atoms with van der Waals surface area (Å²) in [5.74, 6) is -1.32. The quantitative estimate of drug-likeness (QED) is 0.415. The minimum absolute atomic E-state index is 0.0156. The number of sulfone groups is 1. The summed E-state index contributed by atoms with van der Waals surface area (Å²) in [6, 6.07) is 22.8. The number of rotatable bonds is 6. The lowest BCUT2D eigenvalue weighted by atomic mass is 9.98. The van der Waals surface area contributed by atoms with Crippen LogP contribution in [0.3, 0.4) is 0 Å². The summed E-state index contributed by atoms with van der Waals surface area (Å²) >= 11 is 0. The molecule has 0 aliphatic carbocycles. The predicted octanol–water partition coefficient (Wildman–Crippen LogP) is 4.41. The molecule has 0 bridgehead atoms. The number of hydrogen-bond donors (Lipinski definition) is 1. The van der Waals surface area contributed by atoms with Crippen LogP contribution >= 0.6 is 0 Å². The maximum Gasteiger partial charge on any atom is 0.339 e. The fourth-order valence-corrected chi connectivity index (χ4v) is 4.57. The van der Waals surface area contributed by atoms with Gasteiger partial charge in [0.05, 0.1) is 27.4 Å². The van der Waals surface area contributed by atoms with E-state index in [0.717, 1.165) is 11.8 Å². The minimum Gasteiger partial charge on any atom is -0.452 e. The van der Waals surface area contributed by atoms with Crippen molar-refractivity contribution in [3.8, 4) is 11.3 Å². The Morgan fingerprint density at radius 1 is 0.912 bits per heavy atom. The molecule has 0 fully saturated rings. The number of anilines is 1. The van der Waals surface area contributed by atoms with Gasteiger partial charge in [0, 0.05) is 17.2 Å². The van der Waals surface area contributed by atoms with Crippen molar-refractivity contribution in [2.24, 2.45) is 0 Å². The summed E-state index contributed by atoms with van der Waals surface area (Å²) in [6.45, 7) is 1.22. The fraction of sp³-hybridized carbons (Fsp3) is 0.115. The number of hydrogen-bond acceptors (Lipinski definition) is 6. The first-order chi connectivity index (χ1) is 16.3. The minimum atomic E-state index is -3.54. The molecule has 1 amide bonds. The second-order valence-corrected chi connectivity index (χ2v) is 9.72. The molecule has 0 unspecified atom stereocenters. The summed E-state index contributed by atoms with van der Waals surface area (Å²) in [4.78, 5) is 30.3. The molecular weight excluding hydrogens is 452 g/mol. The normalized spacial score (nSPS) is 11.2. The summed E-state index contributed by atoms with van der Waals surface area (Å²) in [6.07, 6.45) is 1.06. The van der Waals surface area contributed by atoms with Crippen molar-refractivity contribution in [3.05, 3.63) is 90.0 Å². The van der Waals surface area contributed by atoms with Crippen molar-refractivity contribution in [3.63, 3.8) is 0 Å². The summed E-state index contributed by atoms with van der Waals surface area (Å²) in [5, 5.41) is 3.12. The van der Waals surface area contributed by atoms with Crippen LogP contribution in [0.25, 0.3) is 22.2 Å². The number of para-hydroxylation sites is 2. The average molecular weight is 475 g/mol. The molecule has 0 radical (unpaired) electrons. The number of aromatic nitrogens is 1. The van der Waals surface area contributed by atoms with Crippen LogP contribution in [0.1, 0.15) is 15.9 Å². The van der Waals surface area contributed by atoms with Gasteiger partial charge in [0.15, 0.2) is 16.4 Å². The van der Waals surface area contributed by atoms with Crippen molar-refractivity contribution >= 4 is 38.3 Å². The van der Waals surface area contributed by atoms with Crippen LogP contribution in [0.4, 0.5) is 5.69 Å². The second kappa shape index (κ2) is 9.44. The molecule has 4 aromatic rings. The maximum atomic E-state index is 13.1. The summed E-state index contributed by atoms with van der Waals surface area (Å²) in [7, 11) is -3.54. The molecule has 1 N–H and O–H groups in total. The third kappa shape index (κ3) is 4.82. The van der Waals surface area contributed by atoms with E-state index in [4.69, 9.17) is 9.72 Å². The summed E-state index contributed by atoms with van der Waals surface area (Å²) in [5.41, 5.74) is 3.23. The molecule has 0 aliphatic heterocycles. The number of amides is 1. The van der Waals surface area contributed by atoms with Crippen LogP contribution in [0, 0.1) is 6.92 Å². The van der Waals surface area contributed by atoms with Gasteiger partial charge >= 0.3 is 5.97 Å². The van der Waals surface area contributed by atoms with Crippen LogP contribution < -0.4 is 5.32 Å². The second-order valence-electron chi connectivity index (χ2n) is 7.74.